The first-order chi connectivity index (χ1) is 13.6. The van der Waals surface area contributed by atoms with Crippen LogP contribution in [0, 0.1) is 0 Å². The number of hydrogen-bond donors (Lipinski definition) is 1. The summed E-state index contributed by atoms with van der Waals surface area (Å²) in [7, 11) is 1.58. The van der Waals surface area contributed by atoms with E-state index in [1.165, 1.54) is 11.8 Å². The van der Waals surface area contributed by atoms with Crippen molar-refractivity contribution < 1.29 is 13.9 Å². The summed E-state index contributed by atoms with van der Waals surface area (Å²) < 4.78 is 13.3. The van der Waals surface area contributed by atoms with Gasteiger partial charge in [0.15, 0.2) is 5.16 Å². The van der Waals surface area contributed by atoms with E-state index in [4.69, 9.17) is 9.15 Å². The first-order valence-corrected chi connectivity index (χ1v) is 9.83. The molecule has 0 bridgehead atoms. The zero-order valence-electron chi connectivity index (χ0n) is 15.8. The van der Waals surface area contributed by atoms with Gasteiger partial charge in [0.25, 0.3) is 0 Å². The van der Waals surface area contributed by atoms with Crippen molar-refractivity contribution in [3.8, 4) is 5.75 Å². The van der Waals surface area contributed by atoms with Gasteiger partial charge in [0.05, 0.1) is 18.0 Å². The summed E-state index contributed by atoms with van der Waals surface area (Å²) >= 11 is 1.36. The van der Waals surface area contributed by atoms with Gasteiger partial charge in [-0.1, -0.05) is 30.0 Å². The quantitative estimate of drug-likeness (QED) is 0.489. The molecule has 0 saturated heterocycles. The number of methoxy groups -OCH3 is 1. The number of fused-ring (bicyclic) bond motifs is 3. The van der Waals surface area contributed by atoms with Crippen LogP contribution in [0.2, 0.25) is 0 Å². The van der Waals surface area contributed by atoms with Gasteiger partial charge in [0.1, 0.15) is 23.2 Å². The highest BCUT2D eigenvalue weighted by atomic mass is 32.2. The number of nitrogens with zero attached hydrogens (tertiary/aromatic N) is 3. The fraction of sp³-hybridized carbons (Fsp3) is 0.250. The number of aromatic nitrogens is 3. The van der Waals surface area contributed by atoms with E-state index in [2.05, 4.69) is 15.5 Å². The largest absolute Gasteiger partial charge is 0.495 e. The third-order valence-corrected chi connectivity index (χ3v) is 5.62. The van der Waals surface area contributed by atoms with Crippen LogP contribution in [0.4, 0.5) is 5.69 Å². The van der Waals surface area contributed by atoms with Crippen LogP contribution in [0.5, 0.6) is 5.75 Å². The average molecular weight is 396 g/mol. The van der Waals surface area contributed by atoms with Crippen LogP contribution >= 0.6 is 11.8 Å². The lowest BCUT2D eigenvalue weighted by Crippen LogP contribution is -2.23. The highest BCUT2D eigenvalue weighted by Crippen LogP contribution is 2.36. The Hall–Kier alpha value is -3.00. The molecule has 0 unspecified atom stereocenters. The zero-order chi connectivity index (χ0) is 19.7. The Bertz CT molecular complexity index is 1150. The topological polar surface area (TPSA) is 82.2 Å². The second-order valence-corrected chi connectivity index (χ2v) is 7.60. The molecule has 7 nitrogen and oxygen atoms in total. The summed E-state index contributed by atoms with van der Waals surface area (Å²) in [6.45, 7) is 4.59. The van der Waals surface area contributed by atoms with Gasteiger partial charge in [-0.15, -0.1) is 10.2 Å². The molecule has 0 spiro atoms. The van der Waals surface area contributed by atoms with Crippen LogP contribution in [-0.4, -0.2) is 33.0 Å². The molecular formula is C20H20N4O3S. The molecule has 0 radical (unpaired) electrons. The van der Waals surface area contributed by atoms with Crippen molar-refractivity contribution >= 4 is 45.3 Å². The predicted octanol–water partition coefficient (Wildman–Crippen LogP) is 4.33. The number of thioether (sulfide) groups is 1. The molecule has 1 amide bonds. The Labute approximate surface area is 166 Å². The monoisotopic (exact) mass is 396 g/mol. The maximum Gasteiger partial charge on any atom is 0.237 e. The molecular weight excluding hydrogens is 376 g/mol. The zero-order valence-corrected chi connectivity index (χ0v) is 16.6. The van der Waals surface area contributed by atoms with Crippen molar-refractivity contribution in [1.82, 2.24) is 14.8 Å². The van der Waals surface area contributed by atoms with Gasteiger partial charge in [-0.3, -0.25) is 4.79 Å². The summed E-state index contributed by atoms with van der Waals surface area (Å²) in [4.78, 5) is 12.7. The lowest BCUT2D eigenvalue weighted by atomic mass is 10.1. The lowest BCUT2D eigenvalue weighted by Gasteiger charge is -2.14. The molecule has 2 aromatic heterocycles. The number of furan rings is 1. The molecule has 28 heavy (non-hydrogen) atoms. The standard InChI is InChI=1S/C20H20N4O3S/c1-4-24-11-21-23-20(24)28-12(2)19(25)22-15-10-17-14(9-18(15)26-3)13-7-5-6-8-16(13)27-17/h5-12H,4H2,1-3H3,(H,22,25)/t12-/m1/s1. The van der Waals surface area contributed by atoms with Crippen LogP contribution in [0.3, 0.4) is 0 Å². The molecule has 8 heteroatoms. The fourth-order valence-electron chi connectivity index (χ4n) is 3.02. The Balaban J connectivity index is 1.61. The van der Waals surface area contributed by atoms with Crippen molar-refractivity contribution in [1.29, 1.82) is 0 Å². The van der Waals surface area contributed by atoms with E-state index in [1.807, 2.05) is 48.7 Å². The van der Waals surface area contributed by atoms with E-state index < -0.39 is 0 Å². The van der Waals surface area contributed by atoms with Crippen molar-refractivity contribution in [3.63, 3.8) is 0 Å². The summed E-state index contributed by atoms with van der Waals surface area (Å²) in [6.07, 6.45) is 1.66. The number of aryl methyl sites for hydroxylation is 1. The van der Waals surface area contributed by atoms with E-state index in [-0.39, 0.29) is 11.2 Å². The van der Waals surface area contributed by atoms with Crippen molar-refractivity contribution in [2.24, 2.45) is 0 Å². The normalized spacial score (nSPS) is 12.4. The van der Waals surface area contributed by atoms with Gasteiger partial charge in [-0.25, -0.2) is 0 Å². The summed E-state index contributed by atoms with van der Waals surface area (Å²) in [5, 5.41) is 13.2. The number of anilines is 1. The predicted molar refractivity (Wildman–Crippen MR) is 110 cm³/mol. The fourth-order valence-corrected chi connectivity index (χ4v) is 3.90. The number of para-hydroxylation sites is 1. The molecule has 4 rings (SSSR count). The highest BCUT2D eigenvalue weighted by Gasteiger charge is 2.20. The van der Waals surface area contributed by atoms with Gasteiger partial charge in [0.2, 0.25) is 5.91 Å². The number of carbonyl (C=O) groups is 1. The van der Waals surface area contributed by atoms with E-state index in [1.54, 1.807) is 19.5 Å². The minimum Gasteiger partial charge on any atom is -0.495 e. The smallest absolute Gasteiger partial charge is 0.237 e. The Kier molecular flexibility index (Phi) is 4.95. The number of benzene rings is 2. The van der Waals surface area contributed by atoms with Crippen LogP contribution in [0.25, 0.3) is 21.9 Å². The van der Waals surface area contributed by atoms with Gasteiger partial charge < -0.3 is 19.0 Å². The van der Waals surface area contributed by atoms with Crippen LogP contribution in [-0.2, 0) is 11.3 Å². The second kappa shape index (κ2) is 7.55. The van der Waals surface area contributed by atoms with Gasteiger partial charge in [-0.2, -0.15) is 0 Å². The number of hydrogen-bond acceptors (Lipinski definition) is 6. The van der Waals surface area contributed by atoms with E-state index in [0.29, 0.717) is 22.2 Å². The Morgan fingerprint density at radius 3 is 2.89 bits per heavy atom. The van der Waals surface area contributed by atoms with Crippen LogP contribution in [0.15, 0.2) is 52.3 Å². The molecule has 1 N–H and O–H groups in total. The molecule has 0 aliphatic rings. The average Bonchev–Trinajstić information content (AvgIpc) is 3.30. The van der Waals surface area contributed by atoms with E-state index >= 15 is 0 Å². The SMILES string of the molecule is CCn1cnnc1S[C@H](C)C(=O)Nc1cc2oc3ccccc3c2cc1OC. The summed E-state index contributed by atoms with van der Waals surface area (Å²) in [5.74, 6) is 0.436. The Morgan fingerprint density at radius 2 is 2.11 bits per heavy atom. The summed E-state index contributed by atoms with van der Waals surface area (Å²) in [5.41, 5.74) is 2.07. The minimum absolute atomic E-state index is 0.149. The maximum atomic E-state index is 12.7. The van der Waals surface area contributed by atoms with Crippen molar-refractivity contribution in [3.05, 3.63) is 42.7 Å². The molecule has 0 aliphatic heterocycles. The van der Waals surface area contributed by atoms with Crippen LogP contribution < -0.4 is 10.1 Å². The molecule has 4 aromatic rings. The Morgan fingerprint density at radius 1 is 1.29 bits per heavy atom. The van der Waals surface area contributed by atoms with Crippen molar-refractivity contribution in [2.75, 3.05) is 12.4 Å². The third kappa shape index (κ3) is 3.31. The number of ether oxygens (including phenoxy) is 1. The molecule has 1 atom stereocenters. The van der Waals surface area contributed by atoms with Crippen LogP contribution in [0.1, 0.15) is 13.8 Å². The molecule has 2 heterocycles. The minimum atomic E-state index is -0.356. The maximum absolute atomic E-state index is 12.7. The number of rotatable bonds is 6. The number of amides is 1. The summed E-state index contributed by atoms with van der Waals surface area (Å²) in [6, 6.07) is 11.5. The van der Waals surface area contributed by atoms with E-state index in [9.17, 15) is 4.79 Å². The first-order valence-electron chi connectivity index (χ1n) is 8.95. The number of nitrogens with one attached hydrogen (secondary N) is 1. The lowest BCUT2D eigenvalue weighted by molar-refractivity contribution is -0.115. The van der Waals surface area contributed by atoms with Crippen molar-refractivity contribution in [2.45, 2.75) is 30.8 Å². The molecule has 0 saturated carbocycles. The highest BCUT2D eigenvalue weighted by molar-refractivity contribution is 8.00. The van der Waals surface area contributed by atoms with E-state index in [0.717, 1.165) is 22.9 Å². The molecule has 2 aromatic carbocycles. The van der Waals surface area contributed by atoms with Gasteiger partial charge in [-0.05, 0) is 26.0 Å². The molecule has 0 aliphatic carbocycles. The molecule has 144 valence electrons. The number of carbonyl (C=O) groups excluding carboxylic acids is 1. The third-order valence-electron chi connectivity index (χ3n) is 4.53. The first kappa shape index (κ1) is 18.4. The second-order valence-electron chi connectivity index (χ2n) is 6.30. The van der Waals surface area contributed by atoms with Gasteiger partial charge in [0, 0.05) is 23.4 Å². The molecule has 0 fully saturated rings. The van der Waals surface area contributed by atoms with Gasteiger partial charge >= 0.3 is 0 Å².